The Kier molecular flexibility index (Phi) is 4.40. The molecule has 0 atom stereocenters. The predicted octanol–water partition coefficient (Wildman–Crippen LogP) is 4.11. The average molecular weight is 271 g/mol. The molecule has 3 nitrogen and oxygen atoms in total. The van der Waals surface area contributed by atoms with E-state index in [1.165, 1.54) is 5.56 Å². The van der Waals surface area contributed by atoms with Gasteiger partial charge in [0, 0.05) is 11.8 Å². The number of hydrogen-bond acceptors (Lipinski definition) is 3. The first-order valence-electron chi connectivity index (χ1n) is 6.87. The van der Waals surface area contributed by atoms with Crippen LogP contribution in [-0.2, 0) is 6.61 Å². The normalized spacial score (nSPS) is 10.9. The van der Waals surface area contributed by atoms with Crippen LogP contribution in [0.3, 0.4) is 0 Å². The van der Waals surface area contributed by atoms with Crippen molar-refractivity contribution < 1.29 is 9.84 Å². The first kappa shape index (κ1) is 14.5. The molecule has 1 N–H and O–H groups in total. The van der Waals surface area contributed by atoms with E-state index in [4.69, 9.17) is 9.84 Å². The van der Waals surface area contributed by atoms with Crippen molar-refractivity contribution in [3.8, 4) is 11.6 Å². The van der Waals surface area contributed by atoms with E-state index in [9.17, 15) is 0 Å². The van der Waals surface area contributed by atoms with Crippen LogP contribution in [0.4, 0.5) is 0 Å². The van der Waals surface area contributed by atoms with Crippen LogP contribution in [0.1, 0.15) is 42.1 Å². The second kappa shape index (κ2) is 6.06. The Balaban J connectivity index is 2.29. The molecule has 106 valence electrons. The quantitative estimate of drug-likeness (QED) is 0.910. The average Bonchev–Trinajstić information content (AvgIpc) is 2.41. The number of hydrogen-bond donors (Lipinski definition) is 1. The van der Waals surface area contributed by atoms with Gasteiger partial charge in [0.2, 0.25) is 5.88 Å². The van der Waals surface area contributed by atoms with Crippen LogP contribution < -0.4 is 4.74 Å². The summed E-state index contributed by atoms with van der Waals surface area (Å²) < 4.78 is 5.89. The highest BCUT2D eigenvalue weighted by Crippen LogP contribution is 2.28. The summed E-state index contributed by atoms with van der Waals surface area (Å²) in [6.07, 6.45) is 0. The highest BCUT2D eigenvalue weighted by molar-refractivity contribution is 5.40. The Labute approximate surface area is 120 Å². The Morgan fingerprint density at radius 3 is 2.50 bits per heavy atom. The Bertz CT molecular complexity index is 606. The standard InChI is InChI=1S/C17H21NO2/c1-11(2)14-6-5-12(3)16(9-14)20-17-8-7-15(10-19)13(4)18-17/h5-9,11,19H,10H2,1-4H3. The Morgan fingerprint density at radius 1 is 1.15 bits per heavy atom. The van der Waals surface area contributed by atoms with Gasteiger partial charge < -0.3 is 9.84 Å². The molecule has 0 unspecified atom stereocenters. The van der Waals surface area contributed by atoms with Crippen LogP contribution in [0, 0.1) is 13.8 Å². The van der Waals surface area contributed by atoms with Crippen LogP contribution >= 0.6 is 0 Å². The number of nitrogens with zero attached hydrogens (tertiary/aromatic N) is 1. The lowest BCUT2D eigenvalue weighted by Crippen LogP contribution is -1.97. The molecule has 0 aliphatic heterocycles. The zero-order chi connectivity index (χ0) is 14.7. The van der Waals surface area contributed by atoms with Crippen molar-refractivity contribution >= 4 is 0 Å². The van der Waals surface area contributed by atoms with E-state index in [-0.39, 0.29) is 6.61 Å². The molecule has 2 aromatic rings. The second-order valence-electron chi connectivity index (χ2n) is 5.33. The fraction of sp³-hybridized carbons (Fsp3) is 0.353. The van der Waals surface area contributed by atoms with Crippen LogP contribution in [0.15, 0.2) is 30.3 Å². The monoisotopic (exact) mass is 271 g/mol. The number of ether oxygens (including phenoxy) is 1. The van der Waals surface area contributed by atoms with Gasteiger partial charge in [0.1, 0.15) is 5.75 Å². The third-order valence-electron chi connectivity index (χ3n) is 3.43. The van der Waals surface area contributed by atoms with Crippen LogP contribution in [0.5, 0.6) is 11.6 Å². The summed E-state index contributed by atoms with van der Waals surface area (Å²) in [7, 11) is 0. The van der Waals surface area contributed by atoms with E-state index < -0.39 is 0 Å². The molecule has 0 radical (unpaired) electrons. The lowest BCUT2D eigenvalue weighted by Gasteiger charge is -2.13. The summed E-state index contributed by atoms with van der Waals surface area (Å²) in [5.41, 5.74) is 3.95. The molecule has 0 amide bonds. The molecular weight excluding hydrogens is 250 g/mol. The number of aryl methyl sites for hydroxylation is 2. The Hall–Kier alpha value is -1.87. The van der Waals surface area contributed by atoms with Crippen LogP contribution in [0.25, 0.3) is 0 Å². The van der Waals surface area contributed by atoms with E-state index in [0.29, 0.717) is 11.8 Å². The zero-order valence-electron chi connectivity index (χ0n) is 12.5. The SMILES string of the molecule is Cc1ccc(C(C)C)cc1Oc1ccc(CO)c(C)n1. The molecule has 20 heavy (non-hydrogen) atoms. The molecule has 0 saturated carbocycles. The topological polar surface area (TPSA) is 42.4 Å². The first-order chi connectivity index (χ1) is 9.51. The molecular formula is C17H21NO2. The summed E-state index contributed by atoms with van der Waals surface area (Å²) in [5, 5.41) is 9.16. The summed E-state index contributed by atoms with van der Waals surface area (Å²) in [5.74, 6) is 1.85. The van der Waals surface area contributed by atoms with Crippen molar-refractivity contribution in [2.75, 3.05) is 0 Å². The fourth-order valence-electron chi connectivity index (χ4n) is 1.99. The lowest BCUT2D eigenvalue weighted by atomic mass is 10.0. The summed E-state index contributed by atoms with van der Waals surface area (Å²) in [6.45, 7) is 8.21. The molecule has 1 aromatic heterocycles. The van der Waals surface area contributed by atoms with Gasteiger partial charge in [-0.1, -0.05) is 26.0 Å². The molecule has 0 saturated heterocycles. The summed E-state index contributed by atoms with van der Waals surface area (Å²) in [6, 6.07) is 9.90. The predicted molar refractivity (Wildman–Crippen MR) is 80.2 cm³/mol. The van der Waals surface area contributed by atoms with Crippen molar-refractivity contribution in [1.29, 1.82) is 0 Å². The third kappa shape index (κ3) is 3.17. The van der Waals surface area contributed by atoms with E-state index in [1.54, 1.807) is 6.07 Å². The van der Waals surface area contributed by atoms with Gasteiger partial charge in [-0.3, -0.25) is 0 Å². The maximum absolute atomic E-state index is 9.16. The van der Waals surface area contributed by atoms with E-state index in [1.807, 2.05) is 19.9 Å². The smallest absolute Gasteiger partial charge is 0.219 e. The number of aliphatic hydroxyl groups excluding tert-OH is 1. The molecule has 1 heterocycles. The minimum absolute atomic E-state index is 0.000968. The van der Waals surface area contributed by atoms with Gasteiger partial charge in [-0.2, -0.15) is 0 Å². The molecule has 1 aromatic carbocycles. The maximum Gasteiger partial charge on any atom is 0.219 e. The van der Waals surface area contributed by atoms with Crippen LogP contribution in [-0.4, -0.2) is 10.1 Å². The number of benzene rings is 1. The highest BCUT2D eigenvalue weighted by atomic mass is 16.5. The van der Waals surface area contributed by atoms with Gasteiger partial charge in [0.05, 0.1) is 6.61 Å². The number of aliphatic hydroxyl groups is 1. The van der Waals surface area contributed by atoms with E-state index in [0.717, 1.165) is 22.6 Å². The van der Waals surface area contributed by atoms with Gasteiger partial charge in [-0.05, 0) is 48.6 Å². The number of pyridine rings is 1. The van der Waals surface area contributed by atoms with E-state index >= 15 is 0 Å². The molecule has 2 rings (SSSR count). The fourth-order valence-corrected chi connectivity index (χ4v) is 1.99. The zero-order valence-corrected chi connectivity index (χ0v) is 12.5. The molecule has 0 fully saturated rings. The molecule has 3 heteroatoms. The van der Waals surface area contributed by atoms with Gasteiger partial charge in [-0.25, -0.2) is 4.98 Å². The number of aromatic nitrogens is 1. The van der Waals surface area contributed by atoms with Crippen molar-refractivity contribution in [2.45, 2.75) is 40.2 Å². The summed E-state index contributed by atoms with van der Waals surface area (Å²) in [4.78, 5) is 4.37. The highest BCUT2D eigenvalue weighted by Gasteiger charge is 2.08. The van der Waals surface area contributed by atoms with Crippen molar-refractivity contribution in [2.24, 2.45) is 0 Å². The van der Waals surface area contributed by atoms with Gasteiger partial charge >= 0.3 is 0 Å². The summed E-state index contributed by atoms with van der Waals surface area (Å²) >= 11 is 0. The molecule has 0 spiro atoms. The number of rotatable bonds is 4. The van der Waals surface area contributed by atoms with Crippen molar-refractivity contribution in [1.82, 2.24) is 4.98 Å². The first-order valence-corrected chi connectivity index (χ1v) is 6.87. The molecule has 0 aliphatic carbocycles. The minimum Gasteiger partial charge on any atom is -0.439 e. The molecule has 0 aliphatic rings. The van der Waals surface area contributed by atoms with Gasteiger partial charge in [0.15, 0.2) is 0 Å². The van der Waals surface area contributed by atoms with Crippen LogP contribution in [0.2, 0.25) is 0 Å². The lowest BCUT2D eigenvalue weighted by molar-refractivity contribution is 0.280. The minimum atomic E-state index is 0.000968. The Morgan fingerprint density at radius 2 is 1.90 bits per heavy atom. The van der Waals surface area contributed by atoms with E-state index in [2.05, 4.69) is 37.0 Å². The third-order valence-corrected chi connectivity index (χ3v) is 3.43. The molecule has 0 bridgehead atoms. The second-order valence-corrected chi connectivity index (χ2v) is 5.33. The largest absolute Gasteiger partial charge is 0.439 e. The van der Waals surface area contributed by atoms with Gasteiger partial charge in [-0.15, -0.1) is 0 Å². The van der Waals surface area contributed by atoms with Crippen molar-refractivity contribution in [3.63, 3.8) is 0 Å². The van der Waals surface area contributed by atoms with Crippen molar-refractivity contribution in [3.05, 3.63) is 52.7 Å². The maximum atomic E-state index is 9.16. The van der Waals surface area contributed by atoms with Gasteiger partial charge in [0.25, 0.3) is 0 Å².